The van der Waals surface area contributed by atoms with E-state index in [1.807, 2.05) is 36.4 Å². The molecule has 0 bridgehead atoms. The number of unbranched alkanes of at least 4 members (excludes halogenated alkanes) is 16. The monoisotopic (exact) mass is 949 g/mol. The van der Waals surface area contributed by atoms with Crippen LogP contribution in [-0.4, -0.2) is 95.4 Å². The molecular weight excluding hydrogens is 866 g/mol. The van der Waals surface area contributed by atoms with E-state index < -0.39 is 24.1 Å². The number of ether oxygens (including phenoxy) is 2. The Labute approximate surface area is 400 Å². The molecule has 4 atom stereocenters. The SMILES string of the molecule is CCCCCCCCCCCC(CCCC(O)CC(=O)[O-])OCc1ccccc1.CCCCCCCCCCCC(CCCC(O)CC(=O)[O-])OCc1ccccc1.[Ba+2]. The maximum atomic E-state index is 10.6. The molecule has 2 N–H and O–H groups in total. The molecule has 0 fully saturated rings. The van der Waals surface area contributed by atoms with E-state index in [9.17, 15) is 30.0 Å². The van der Waals surface area contributed by atoms with Crippen LogP contribution >= 0.6 is 0 Å². The van der Waals surface area contributed by atoms with Crippen molar-refractivity contribution in [2.75, 3.05) is 0 Å². The Balaban J connectivity index is 0.00000112. The normalized spacial score (nSPS) is 13.1. The fourth-order valence-corrected chi connectivity index (χ4v) is 7.32. The van der Waals surface area contributed by atoms with E-state index in [-0.39, 0.29) is 73.9 Å². The summed E-state index contributed by atoms with van der Waals surface area (Å²) in [7, 11) is 0. The Hall–Kier alpha value is -1.21. The van der Waals surface area contributed by atoms with Crippen molar-refractivity contribution in [1.29, 1.82) is 0 Å². The van der Waals surface area contributed by atoms with Crippen LogP contribution in [0.15, 0.2) is 60.7 Å². The second-order valence-electron chi connectivity index (χ2n) is 16.4. The second-order valence-corrected chi connectivity index (χ2v) is 16.4. The molecule has 2 aromatic rings. The van der Waals surface area contributed by atoms with Crippen LogP contribution in [-0.2, 0) is 32.3 Å². The van der Waals surface area contributed by atoms with Crippen molar-refractivity contribution in [2.45, 2.75) is 231 Å². The molecule has 4 unspecified atom stereocenters. The molecule has 0 amide bonds. The third-order valence-corrected chi connectivity index (χ3v) is 10.8. The molecule has 9 heteroatoms. The van der Waals surface area contributed by atoms with Crippen molar-refractivity contribution in [1.82, 2.24) is 0 Å². The van der Waals surface area contributed by atoms with Crippen LogP contribution in [0.4, 0.5) is 0 Å². The number of benzene rings is 2. The summed E-state index contributed by atoms with van der Waals surface area (Å²) in [6, 6.07) is 20.4. The van der Waals surface area contributed by atoms with E-state index in [4.69, 9.17) is 9.47 Å². The van der Waals surface area contributed by atoms with Crippen LogP contribution in [0.1, 0.15) is 205 Å². The number of carboxylic acids is 2. The van der Waals surface area contributed by atoms with Gasteiger partial charge < -0.3 is 39.5 Å². The third-order valence-electron chi connectivity index (χ3n) is 10.8. The Morgan fingerprint density at radius 3 is 1.05 bits per heavy atom. The van der Waals surface area contributed by atoms with Crippen molar-refractivity contribution in [3.05, 3.63) is 71.8 Å². The summed E-state index contributed by atoms with van der Waals surface area (Å²) in [5, 5.41) is 40.6. The number of carbonyl (C=O) groups excluding carboxylic acids is 2. The van der Waals surface area contributed by atoms with Crippen LogP contribution in [0.2, 0.25) is 0 Å². The summed E-state index contributed by atoms with van der Waals surface area (Å²) in [5.41, 5.74) is 2.34. The van der Waals surface area contributed by atoms with Crippen LogP contribution in [0, 0.1) is 0 Å². The van der Waals surface area contributed by atoms with Gasteiger partial charge in [-0.15, -0.1) is 0 Å². The van der Waals surface area contributed by atoms with Gasteiger partial charge in [-0.2, -0.15) is 0 Å². The molecular formula is C50H82BaO8. The van der Waals surface area contributed by atoms with Gasteiger partial charge in [0.1, 0.15) is 0 Å². The van der Waals surface area contributed by atoms with Crippen LogP contribution < -0.4 is 10.2 Å². The summed E-state index contributed by atoms with van der Waals surface area (Å²) < 4.78 is 12.3. The molecule has 0 radical (unpaired) electrons. The zero-order valence-corrected chi connectivity index (χ0v) is 41.8. The van der Waals surface area contributed by atoms with Crippen molar-refractivity contribution in [2.24, 2.45) is 0 Å². The first-order chi connectivity index (χ1) is 28.2. The molecule has 8 nitrogen and oxygen atoms in total. The van der Waals surface area contributed by atoms with Gasteiger partial charge in [-0.3, -0.25) is 0 Å². The van der Waals surface area contributed by atoms with Gasteiger partial charge in [0.05, 0.1) is 37.6 Å². The molecule has 2 rings (SSSR count). The van der Waals surface area contributed by atoms with Gasteiger partial charge in [0, 0.05) is 24.8 Å². The first-order valence-corrected chi connectivity index (χ1v) is 23.3. The summed E-state index contributed by atoms with van der Waals surface area (Å²) in [6.07, 6.45) is 27.9. The number of aliphatic hydroxyl groups excluding tert-OH is 2. The second kappa shape index (κ2) is 42.1. The molecule has 0 saturated carbocycles. The summed E-state index contributed by atoms with van der Waals surface area (Å²) in [4.78, 5) is 21.1. The van der Waals surface area contributed by atoms with E-state index >= 15 is 0 Å². The minimum atomic E-state index is -1.19. The smallest absolute Gasteiger partial charge is 0.550 e. The van der Waals surface area contributed by atoms with E-state index in [2.05, 4.69) is 38.1 Å². The van der Waals surface area contributed by atoms with Crippen LogP contribution in [0.3, 0.4) is 0 Å². The molecule has 0 aliphatic heterocycles. The van der Waals surface area contributed by atoms with E-state index in [0.717, 1.165) is 51.4 Å². The Kier molecular flexibility index (Phi) is 41.2. The van der Waals surface area contributed by atoms with Crippen LogP contribution in [0.25, 0.3) is 0 Å². The van der Waals surface area contributed by atoms with Crippen molar-refractivity contribution in [3.63, 3.8) is 0 Å². The first kappa shape index (κ1) is 57.8. The third kappa shape index (κ3) is 38.2. The average molecular weight is 949 g/mol. The number of carboxylic acid groups (broad SMARTS) is 2. The molecule has 2 aromatic carbocycles. The molecule has 0 aliphatic rings. The average Bonchev–Trinajstić information content (AvgIpc) is 3.20. The number of rotatable bonds is 38. The summed E-state index contributed by atoms with van der Waals surface area (Å²) in [5.74, 6) is -2.38. The molecule has 0 saturated heterocycles. The minimum absolute atomic E-state index is 0. The number of hydrogen-bond donors (Lipinski definition) is 2. The predicted octanol–water partition coefficient (Wildman–Crippen LogP) is 9.95. The number of aliphatic hydroxyl groups is 2. The zero-order chi connectivity index (χ0) is 42.3. The van der Waals surface area contributed by atoms with Gasteiger partial charge in [-0.25, -0.2) is 0 Å². The molecule has 0 aromatic heterocycles. The summed E-state index contributed by atoms with van der Waals surface area (Å²) >= 11 is 0. The fourth-order valence-electron chi connectivity index (χ4n) is 7.32. The van der Waals surface area contributed by atoms with Crippen molar-refractivity contribution < 1.29 is 39.5 Å². The number of hydrogen-bond acceptors (Lipinski definition) is 8. The topological polar surface area (TPSA) is 139 Å². The zero-order valence-electron chi connectivity index (χ0n) is 37.3. The van der Waals surface area contributed by atoms with E-state index in [1.54, 1.807) is 0 Å². The van der Waals surface area contributed by atoms with Gasteiger partial charge in [-0.05, 0) is 62.5 Å². The van der Waals surface area contributed by atoms with Gasteiger partial charge >= 0.3 is 48.9 Å². The maximum Gasteiger partial charge on any atom is 2.00 e. The predicted molar refractivity (Wildman–Crippen MR) is 238 cm³/mol. The standard InChI is InChI=1S/2C25H42O4.Ba/c2*1-2-3-4-5-6-7-8-9-13-18-24(19-14-17-23(26)20-25(27)28)29-21-22-15-11-10-12-16-22;/h2*10-12,15-16,23-24,26H,2-9,13-14,17-21H2,1H3,(H,27,28);/q;;+2/p-2. The van der Waals surface area contributed by atoms with Gasteiger partial charge in [0.2, 0.25) is 0 Å². The molecule has 0 spiro atoms. The largest absolute Gasteiger partial charge is 2.00 e. The van der Waals surface area contributed by atoms with Gasteiger partial charge in [0.25, 0.3) is 0 Å². The van der Waals surface area contributed by atoms with Gasteiger partial charge in [0.15, 0.2) is 0 Å². The van der Waals surface area contributed by atoms with E-state index in [1.165, 1.54) is 114 Å². The quantitative estimate of drug-likeness (QED) is 0.0501. The van der Waals surface area contributed by atoms with E-state index in [0.29, 0.717) is 26.1 Å². The molecule has 0 aliphatic carbocycles. The molecule has 332 valence electrons. The number of aliphatic carboxylic acids is 2. The summed E-state index contributed by atoms with van der Waals surface area (Å²) in [6.45, 7) is 5.70. The molecule has 59 heavy (non-hydrogen) atoms. The maximum absolute atomic E-state index is 10.6. The Morgan fingerprint density at radius 1 is 0.458 bits per heavy atom. The minimum Gasteiger partial charge on any atom is -0.550 e. The first-order valence-electron chi connectivity index (χ1n) is 23.3. The Morgan fingerprint density at radius 2 is 0.746 bits per heavy atom. The number of carbonyl (C=O) groups is 2. The molecule has 0 heterocycles. The van der Waals surface area contributed by atoms with Gasteiger partial charge in [-0.1, -0.05) is 190 Å². The fraction of sp³-hybridized carbons (Fsp3) is 0.720. The van der Waals surface area contributed by atoms with Crippen molar-refractivity contribution >= 4 is 60.8 Å². The Bertz CT molecular complexity index is 1110. The van der Waals surface area contributed by atoms with Crippen molar-refractivity contribution in [3.8, 4) is 0 Å². The van der Waals surface area contributed by atoms with Crippen LogP contribution in [0.5, 0.6) is 0 Å².